The maximum Gasteiger partial charge on any atom is 0.219 e. The van der Waals surface area contributed by atoms with Gasteiger partial charge in [0.1, 0.15) is 11.5 Å². The van der Waals surface area contributed by atoms with Gasteiger partial charge in [0.25, 0.3) is 0 Å². The molecule has 0 radical (unpaired) electrons. The zero-order chi connectivity index (χ0) is 10.7. The molecule has 0 aliphatic carbocycles. The minimum Gasteiger partial charge on any atom is -0.378 e. The summed E-state index contributed by atoms with van der Waals surface area (Å²) in [7, 11) is -3.20. The Labute approximate surface area is 87.6 Å². The molecule has 0 aromatic carbocycles. The van der Waals surface area contributed by atoms with Crippen molar-refractivity contribution in [3.63, 3.8) is 0 Å². The molecular weight excluding hydrogens is 220 g/mol. The number of sulfonamides is 1. The van der Waals surface area contributed by atoms with Crippen molar-refractivity contribution in [1.82, 2.24) is 9.88 Å². The van der Waals surface area contributed by atoms with E-state index in [9.17, 15) is 8.42 Å². The minimum atomic E-state index is -3.20. The zero-order valence-electron chi connectivity index (χ0n) is 8.05. The molecule has 1 aromatic heterocycles. The van der Waals surface area contributed by atoms with E-state index in [1.807, 2.05) is 0 Å². The average Bonchev–Trinajstić information content (AvgIpc) is 2.51. The Hall–Kier alpha value is -0.920. The Kier molecular flexibility index (Phi) is 3.03. The molecule has 15 heavy (non-hydrogen) atoms. The van der Waals surface area contributed by atoms with Gasteiger partial charge in [0.2, 0.25) is 10.0 Å². The lowest BCUT2D eigenvalue weighted by molar-refractivity contribution is 0.0411. The lowest BCUT2D eigenvalue weighted by Crippen LogP contribution is -2.47. The Morgan fingerprint density at radius 3 is 2.87 bits per heavy atom. The van der Waals surface area contributed by atoms with Crippen LogP contribution in [-0.2, 0) is 21.2 Å². The van der Waals surface area contributed by atoms with E-state index in [-0.39, 0.29) is 5.25 Å². The number of nitrogens with zero attached hydrogens (tertiary/aromatic N) is 1. The zero-order valence-corrected chi connectivity index (χ0v) is 8.87. The summed E-state index contributed by atoms with van der Waals surface area (Å²) in [4.78, 5) is 0. The molecule has 0 unspecified atom stereocenters. The third-order valence-electron chi connectivity index (χ3n) is 2.25. The highest BCUT2D eigenvalue weighted by atomic mass is 32.2. The fourth-order valence-corrected chi connectivity index (χ4v) is 2.37. The van der Waals surface area contributed by atoms with Crippen molar-refractivity contribution < 1.29 is 17.7 Å². The van der Waals surface area contributed by atoms with Gasteiger partial charge in [-0.15, -0.1) is 0 Å². The fraction of sp³-hybridized carbons (Fsp3) is 0.625. The summed E-state index contributed by atoms with van der Waals surface area (Å²) < 4.78 is 35.0. The predicted molar refractivity (Wildman–Crippen MR) is 51.7 cm³/mol. The first-order valence-corrected chi connectivity index (χ1v) is 6.17. The molecule has 84 valence electrons. The van der Waals surface area contributed by atoms with Gasteiger partial charge >= 0.3 is 0 Å². The molecule has 1 aromatic rings. The highest BCUT2D eigenvalue weighted by Crippen LogP contribution is 2.10. The molecule has 1 aliphatic heterocycles. The van der Waals surface area contributed by atoms with Crippen LogP contribution in [0.2, 0.25) is 0 Å². The van der Waals surface area contributed by atoms with E-state index < -0.39 is 10.0 Å². The van der Waals surface area contributed by atoms with Crippen LogP contribution in [0.1, 0.15) is 5.56 Å². The van der Waals surface area contributed by atoms with Gasteiger partial charge in [0.05, 0.1) is 19.4 Å². The van der Waals surface area contributed by atoms with E-state index in [0.717, 1.165) is 5.56 Å². The number of rotatable bonds is 5. The highest BCUT2D eigenvalue weighted by molar-refractivity contribution is 7.90. The van der Waals surface area contributed by atoms with Crippen molar-refractivity contribution in [3.05, 3.63) is 18.0 Å². The Bertz CT molecular complexity index is 396. The van der Waals surface area contributed by atoms with E-state index in [2.05, 4.69) is 14.4 Å². The van der Waals surface area contributed by atoms with Crippen molar-refractivity contribution in [2.75, 3.05) is 19.8 Å². The highest BCUT2D eigenvalue weighted by Gasteiger charge is 2.31. The standard InChI is InChI=1S/C8H12N2O4S/c11-15(12,8-5-13-6-8)10-2-1-7-3-9-14-4-7/h3-4,8,10H,1-2,5-6H2. The Morgan fingerprint density at radius 1 is 1.53 bits per heavy atom. The molecule has 0 bridgehead atoms. The van der Waals surface area contributed by atoms with Gasteiger partial charge < -0.3 is 9.26 Å². The molecule has 0 saturated carbocycles. The molecule has 7 heteroatoms. The minimum absolute atomic E-state index is 0.294. The van der Waals surface area contributed by atoms with Crippen LogP contribution < -0.4 is 4.72 Å². The molecule has 1 aliphatic rings. The summed E-state index contributed by atoms with van der Waals surface area (Å²) in [6.45, 7) is 0.950. The van der Waals surface area contributed by atoms with Crippen molar-refractivity contribution in [3.8, 4) is 0 Å². The largest absolute Gasteiger partial charge is 0.378 e. The quantitative estimate of drug-likeness (QED) is 0.742. The van der Waals surface area contributed by atoms with Crippen LogP contribution in [0.5, 0.6) is 0 Å². The third kappa shape index (κ3) is 2.55. The summed E-state index contributed by atoms with van der Waals surface area (Å²) in [6.07, 6.45) is 3.65. The van der Waals surface area contributed by atoms with Crippen LogP contribution >= 0.6 is 0 Å². The fourth-order valence-electron chi connectivity index (χ4n) is 1.20. The van der Waals surface area contributed by atoms with E-state index in [1.165, 1.54) is 6.26 Å². The lowest BCUT2D eigenvalue weighted by atomic mass is 10.3. The summed E-state index contributed by atoms with van der Waals surface area (Å²) in [5, 5.41) is 3.14. The van der Waals surface area contributed by atoms with Crippen LogP contribution in [0.15, 0.2) is 17.0 Å². The molecule has 1 N–H and O–H groups in total. The van der Waals surface area contributed by atoms with E-state index in [4.69, 9.17) is 4.74 Å². The van der Waals surface area contributed by atoms with Crippen LogP contribution in [0.3, 0.4) is 0 Å². The maximum absolute atomic E-state index is 11.5. The summed E-state index contributed by atoms with van der Waals surface area (Å²) in [6, 6.07) is 0. The smallest absolute Gasteiger partial charge is 0.219 e. The molecule has 0 spiro atoms. The van der Waals surface area contributed by atoms with E-state index in [0.29, 0.717) is 26.2 Å². The summed E-state index contributed by atoms with van der Waals surface area (Å²) >= 11 is 0. The number of nitrogens with one attached hydrogen (secondary N) is 1. The van der Waals surface area contributed by atoms with Crippen LogP contribution in [0.25, 0.3) is 0 Å². The second-order valence-electron chi connectivity index (χ2n) is 3.38. The molecular formula is C8H12N2O4S. The second-order valence-corrected chi connectivity index (χ2v) is 5.43. The van der Waals surface area contributed by atoms with Gasteiger partial charge in [0.15, 0.2) is 0 Å². The van der Waals surface area contributed by atoms with Crippen LogP contribution in [-0.4, -0.2) is 38.6 Å². The van der Waals surface area contributed by atoms with Gasteiger partial charge in [-0.3, -0.25) is 0 Å². The maximum atomic E-state index is 11.5. The number of hydrogen-bond donors (Lipinski definition) is 1. The van der Waals surface area contributed by atoms with Gasteiger partial charge in [-0.2, -0.15) is 0 Å². The summed E-state index contributed by atoms with van der Waals surface area (Å²) in [5.41, 5.74) is 0.877. The molecule has 2 rings (SSSR count). The predicted octanol–water partition coefficient (Wildman–Crippen LogP) is -0.465. The second kappa shape index (κ2) is 4.30. The van der Waals surface area contributed by atoms with E-state index in [1.54, 1.807) is 6.20 Å². The third-order valence-corrected chi connectivity index (χ3v) is 4.00. The molecule has 0 atom stereocenters. The lowest BCUT2D eigenvalue weighted by Gasteiger charge is -2.25. The van der Waals surface area contributed by atoms with E-state index >= 15 is 0 Å². The number of ether oxygens (including phenoxy) is 1. The van der Waals surface area contributed by atoms with Crippen molar-refractivity contribution in [1.29, 1.82) is 0 Å². The average molecular weight is 232 g/mol. The van der Waals surface area contributed by atoms with Crippen LogP contribution in [0.4, 0.5) is 0 Å². The van der Waals surface area contributed by atoms with Crippen molar-refractivity contribution >= 4 is 10.0 Å². The summed E-state index contributed by atoms with van der Waals surface area (Å²) in [5.74, 6) is 0. The van der Waals surface area contributed by atoms with Gasteiger partial charge in [-0.25, -0.2) is 13.1 Å². The number of hydrogen-bond acceptors (Lipinski definition) is 5. The molecule has 1 fully saturated rings. The Morgan fingerprint density at radius 2 is 2.33 bits per heavy atom. The van der Waals surface area contributed by atoms with Gasteiger partial charge in [0, 0.05) is 12.1 Å². The molecule has 0 amide bonds. The van der Waals surface area contributed by atoms with Crippen LogP contribution in [0, 0.1) is 0 Å². The SMILES string of the molecule is O=S(=O)(NCCc1cnoc1)C1COC1. The molecule has 1 saturated heterocycles. The number of aromatic nitrogens is 1. The van der Waals surface area contributed by atoms with Gasteiger partial charge in [-0.1, -0.05) is 5.16 Å². The first-order valence-electron chi connectivity index (χ1n) is 4.63. The topological polar surface area (TPSA) is 81.4 Å². The molecule has 2 heterocycles. The van der Waals surface area contributed by atoms with Crippen molar-refractivity contribution in [2.45, 2.75) is 11.7 Å². The molecule has 6 nitrogen and oxygen atoms in total. The Balaban J connectivity index is 1.78. The van der Waals surface area contributed by atoms with Gasteiger partial charge in [-0.05, 0) is 6.42 Å². The normalized spacial score (nSPS) is 17.6. The first-order chi connectivity index (χ1) is 7.18. The monoisotopic (exact) mass is 232 g/mol. The first kappa shape index (κ1) is 10.6. The van der Waals surface area contributed by atoms with Crippen molar-refractivity contribution in [2.24, 2.45) is 0 Å².